The Morgan fingerprint density at radius 3 is 2.92 bits per heavy atom. The van der Waals surface area contributed by atoms with Gasteiger partial charge in [-0.1, -0.05) is 4.98 Å². The highest BCUT2D eigenvalue weighted by Gasteiger charge is 2.12. The summed E-state index contributed by atoms with van der Waals surface area (Å²) < 4.78 is 1.48. The number of hydrogen-bond donors (Lipinski definition) is 1. The summed E-state index contributed by atoms with van der Waals surface area (Å²) in [6, 6.07) is 0. The zero-order valence-corrected chi connectivity index (χ0v) is 7.74. The van der Waals surface area contributed by atoms with E-state index in [0.717, 1.165) is 6.42 Å². The molecule has 7 heteroatoms. The smallest absolute Gasteiger partial charge is 0.390 e. The fourth-order valence-corrected chi connectivity index (χ4v) is 0.909. The monoisotopic (exact) mass is 206 g/mol. The quantitative estimate of drug-likeness (QED) is 0.576. The summed E-state index contributed by atoms with van der Waals surface area (Å²) in [5.41, 5.74) is 5.27. The Morgan fingerprint density at radius 2 is 2.38 bits per heavy atom. The summed E-state index contributed by atoms with van der Waals surface area (Å²) >= 11 is 0. The third kappa shape index (κ3) is 3.00. The van der Waals surface area contributed by atoms with E-state index in [0.29, 0.717) is 13.1 Å². The topological polar surface area (TPSA) is 87.0 Å². The highest BCUT2D eigenvalue weighted by molar-refractivity contribution is 5.85. The molecule has 0 aliphatic rings. The molecule has 1 aromatic heterocycles. The first kappa shape index (κ1) is 11.9. The van der Waals surface area contributed by atoms with E-state index in [-0.39, 0.29) is 18.4 Å². The SMILES string of the molecule is Cl.NCCCn1ccnc1[N+](=O)[O-]. The third-order valence-corrected chi connectivity index (χ3v) is 1.46. The van der Waals surface area contributed by atoms with Crippen LogP contribution in [0.15, 0.2) is 12.4 Å². The molecule has 0 radical (unpaired) electrons. The largest absolute Gasteiger partial charge is 0.434 e. The predicted octanol–water partition coefficient (Wildman–Crippen LogP) is 0.562. The average Bonchev–Trinajstić information content (AvgIpc) is 2.48. The average molecular weight is 207 g/mol. The van der Waals surface area contributed by atoms with Crippen LogP contribution in [-0.2, 0) is 6.54 Å². The van der Waals surface area contributed by atoms with Gasteiger partial charge in [0.25, 0.3) is 0 Å². The Balaban J connectivity index is 0.00000144. The molecule has 0 unspecified atom stereocenters. The highest BCUT2D eigenvalue weighted by Crippen LogP contribution is 2.07. The molecule has 0 aliphatic carbocycles. The zero-order valence-electron chi connectivity index (χ0n) is 6.92. The molecular weight excluding hydrogens is 196 g/mol. The maximum absolute atomic E-state index is 10.3. The molecular formula is C6H11ClN4O2. The molecule has 1 aromatic rings. The Hall–Kier alpha value is -1.14. The van der Waals surface area contributed by atoms with E-state index in [1.807, 2.05) is 0 Å². The standard InChI is InChI=1S/C6H10N4O2.ClH/c7-2-1-4-9-5-3-8-6(9)10(11)12;/h3,5H,1-2,4,7H2;1H. The van der Waals surface area contributed by atoms with Crippen LogP contribution < -0.4 is 5.73 Å². The number of aromatic nitrogens is 2. The van der Waals surface area contributed by atoms with Gasteiger partial charge >= 0.3 is 5.95 Å². The summed E-state index contributed by atoms with van der Waals surface area (Å²) in [6.45, 7) is 1.07. The molecule has 1 heterocycles. The van der Waals surface area contributed by atoms with Crippen LogP contribution in [-0.4, -0.2) is 21.0 Å². The van der Waals surface area contributed by atoms with Gasteiger partial charge in [0, 0.05) is 0 Å². The Morgan fingerprint density at radius 1 is 1.69 bits per heavy atom. The molecule has 0 aromatic carbocycles. The second-order valence-electron chi connectivity index (χ2n) is 2.32. The van der Waals surface area contributed by atoms with Crippen molar-refractivity contribution in [2.24, 2.45) is 5.73 Å². The molecule has 0 fully saturated rings. The minimum Gasteiger partial charge on any atom is -0.390 e. The minimum absolute atomic E-state index is 0. The van der Waals surface area contributed by atoms with E-state index >= 15 is 0 Å². The van der Waals surface area contributed by atoms with Gasteiger partial charge in [0.2, 0.25) is 0 Å². The normalized spacial score (nSPS) is 9.31. The first-order valence-electron chi connectivity index (χ1n) is 3.61. The van der Waals surface area contributed by atoms with Crippen molar-refractivity contribution in [3.05, 3.63) is 22.5 Å². The van der Waals surface area contributed by atoms with Gasteiger partial charge in [-0.05, 0) is 17.9 Å². The molecule has 0 bridgehead atoms. The van der Waals surface area contributed by atoms with Crippen LogP contribution in [0.2, 0.25) is 0 Å². The molecule has 0 spiro atoms. The first-order chi connectivity index (χ1) is 5.75. The van der Waals surface area contributed by atoms with Crippen molar-refractivity contribution in [1.29, 1.82) is 0 Å². The van der Waals surface area contributed by atoms with Crippen molar-refractivity contribution < 1.29 is 4.92 Å². The van der Waals surface area contributed by atoms with Crippen LogP contribution in [0.4, 0.5) is 5.95 Å². The second-order valence-corrected chi connectivity index (χ2v) is 2.32. The van der Waals surface area contributed by atoms with Gasteiger partial charge in [-0.25, -0.2) is 4.57 Å². The van der Waals surface area contributed by atoms with Gasteiger partial charge in [0.1, 0.15) is 12.4 Å². The molecule has 74 valence electrons. The van der Waals surface area contributed by atoms with Gasteiger partial charge in [-0.2, -0.15) is 0 Å². The number of hydrogen-bond acceptors (Lipinski definition) is 4. The van der Waals surface area contributed by atoms with Gasteiger partial charge in [-0.3, -0.25) is 0 Å². The van der Waals surface area contributed by atoms with Crippen molar-refractivity contribution in [2.75, 3.05) is 6.54 Å². The van der Waals surface area contributed by atoms with Crippen LogP contribution in [0.1, 0.15) is 6.42 Å². The summed E-state index contributed by atoms with van der Waals surface area (Å²) in [4.78, 5) is 13.4. The maximum Gasteiger partial charge on any atom is 0.434 e. The second kappa shape index (κ2) is 5.50. The molecule has 6 nitrogen and oxygen atoms in total. The molecule has 0 amide bonds. The van der Waals surface area contributed by atoms with Gasteiger partial charge < -0.3 is 15.8 Å². The van der Waals surface area contributed by atoms with Crippen LogP contribution >= 0.6 is 12.4 Å². The number of aryl methyl sites for hydroxylation is 1. The van der Waals surface area contributed by atoms with Crippen LogP contribution in [0.5, 0.6) is 0 Å². The van der Waals surface area contributed by atoms with E-state index in [2.05, 4.69) is 4.98 Å². The molecule has 1 rings (SSSR count). The van der Waals surface area contributed by atoms with Gasteiger partial charge in [0.15, 0.2) is 0 Å². The van der Waals surface area contributed by atoms with Crippen molar-refractivity contribution in [2.45, 2.75) is 13.0 Å². The first-order valence-corrected chi connectivity index (χ1v) is 3.61. The molecule has 0 saturated heterocycles. The fourth-order valence-electron chi connectivity index (χ4n) is 0.909. The molecule has 0 saturated carbocycles. The van der Waals surface area contributed by atoms with E-state index in [1.165, 1.54) is 10.8 Å². The lowest BCUT2D eigenvalue weighted by atomic mass is 10.4. The lowest BCUT2D eigenvalue weighted by Gasteiger charge is -1.98. The predicted molar refractivity (Wildman–Crippen MR) is 49.8 cm³/mol. The molecule has 0 aliphatic heterocycles. The summed E-state index contributed by atoms with van der Waals surface area (Å²) in [5.74, 6) is -0.122. The summed E-state index contributed by atoms with van der Waals surface area (Å²) in [6.07, 6.45) is 3.71. The fraction of sp³-hybridized carbons (Fsp3) is 0.500. The Labute approximate surface area is 81.3 Å². The minimum atomic E-state index is -0.503. The zero-order chi connectivity index (χ0) is 8.97. The van der Waals surface area contributed by atoms with Gasteiger partial charge in [-0.15, -0.1) is 12.4 Å². The number of nitro groups is 1. The number of imidazole rings is 1. The van der Waals surface area contributed by atoms with Crippen molar-refractivity contribution >= 4 is 18.4 Å². The van der Waals surface area contributed by atoms with E-state index in [1.54, 1.807) is 6.20 Å². The third-order valence-electron chi connectivity index (χ3n) is 1.46. The number of nitrogens with zero attached hydrogens (tertiary/aromatic N) is 3. The van der Waals surface area contributed by atoms with Crippen molar-refractivity contribution in [3.63, 3.8) is 0 Å². The lowest BCUT2D eigenvalue weighted by molar-refractivity contribution is -0.396. The van der Waals surface area contributed by atoms with Crippen LogP contribution in [0.25, 0.3) is 0 Å². The molecule has 0 atom stereocenters. The molecule has 2 N–H and O–H groups in total. The van der Waals surface area contributed by atoms with E-state index in [4.69, 9.17) is 5.73 Å². The number of rotatable bonds is 4. The number of nitrogens with two attached hydrogens (primary N) is 1. The van der Waals surface area contributed by atoms with Crippen LogP contribution in [0, 0.1) is 10.1 Å². The van der Waals surface area contributed by atoms with Crippen molar-refractivity contribution in [1.82, 2.24) is 9.55 Å². The van der Waals surface area contributed by atoms with Gasteiger partial charge in [0.05, 0.1) is 6.54 Å². The summed E-state index contributed by atoms with van der Waals surface area (Å²) in [5, 5.41) is 10.3. The number of halogens is 1. The summed E-state index contributed by atoms with van der Waals surface area (Å²) in [7, 11) is 0. The molecule has 13 heavy (non-hydrogen) atoms. The highest BCUT2D eigenvalue weighted by atomic mass is 35.5. The Bertz CT molecular complexity index is 275. The Kier molecular flexibility index (Phi) is 5.01. The van der Waals surface area contributed by atoms with Crippen molar-refractivity contribution in [3.8, 4) is 0 Å². The van der Waals surface area contributed by atoms with E-state index < -0.39 is 4.92 Å². The maximum atomic E-state index is 10.3. The van der Waals surface area contributed by atoms with E-state index in [9.17, 15) is 10.1 Å². The van der Waals surface area contributed by atoms with Crippen LogP contribution in [0.3, 0.4) is 0 Å². The lowest BCUT2D eigenvalue weighted by Crippen LogP contribution is -2.07.